The maximum Gasteiger partial charge on any atom is -0.112 e. The van der Waals surface area contributed by atoms with Gasteiger partial charge in [0.1, 0.15) is 17.0 Å². The molecule has 5 heterocycles. The number of hydrogen-bond donors (Lipinski definition) is 0. The quantitative estimate of drug-likeness (QED) is 0.185. The van der Waals surface area contributed by atoms with Gasteiger partial charge in [0.15, 0.2) is 0 Å². The molecule has 0 radical (unpaired) electrons. The predicted molar refractivity (Wildman–Crippen MR) is 216 cm³/mol. The van der Waals surface area contributed by atoms with E-state index in [1.54, 1.807) is 31.2 Å². The van der Waals surface area contributed by atoms with Crippen LogP contribution in [0.5, 0.6) is 11.5 Å². The standard InChI is InChI=1S/C46H37N5O2.ClHO4.ClH.Pt/c1-4-50(5-2)34-21-23-38-44(29-34)53-43-26-30(3)16-22-37(43)46(38)36-13-7-6-12-35(36)45(52)51(46)33-19-17-31(18-20-33)32-27-41(39-14-8-10-24-47-39)49-42(28-32)40-15-9-11-25-48-40;2-1(3,4)5;;/h6-29H,4-5H2,1-3H3;(H,2,3,4,5);1H;/q;;;+1/p-2/t46-;;;/m1.../s1. The first-order valence-electron chi connectivity index (χ1n) is 18.8. The van der Waals surface area contributed by atoms with E-state index in [0.29, 0.717) is 5.56 Å². The number of ether oxygens (including phenoxy) is 1. The van der Waals surface area contributed by atoms with Crippen LogP contribution < -0.4 is 33.2 Å². The zero-order valence-corrected chi connectivity index (χ0v) is 36.3. The molecule has 0 unspecified atom stereocenters. The third kappa shape index (κ3) is 8.31. The van der Waals surface area contributed by atoms with Crippen molar-refractivity contribution < 1.29 is 57.2 Å². The summed E-state index contributed by atoms with van der Waals surface area (Å²) >= 11 is 1.61. The van der Waals surface area contributed by atoms with Crippen molar-refractivity contribution >= 4 is 26.7 Å². The Kier molecular flexibility index (Phi) is 12.8. The van der Waals surface area contributed by atoms with Crippen molar-refractivity contribution in [3.8, 4) is 45.4 Å². The van der Waals surface area contributed by atoms with E-state index < -0.39 is 15.8 Å². The van der Waals surface area contributed by atoms with Gasteiger partial charge in [0.05, 0.1) is 22.8 Å². The number of halogens is 2. The number of fused-ring (bicyclic) bond motifs is 6. The van der Waals surface area contributed by atoms with Gasteiger partial charge in [0.2, 0.25) is 0 Å². The van der Waals surface area contributed by atoms with Crippen molar-refractivity contribution in [3.63, 3.8) is 0 Å². The average molecular weight is 1020 g/mol. The molecular weight excluding hydrogens is 985 g/mol. The predicted octanol–water partition coefficient (Wildman–Crippen LogP) is 6.02. The van der Waals surface area contributed by atoms with Crippen LogP contribution in [0.4, 0.5) is 11.4 Å². The summed E-state index contributed by atoms with van der Waals surface area (Å²) in [7, 11) is -0.333. The fourth-order valence-corrected chi connectivity index (χ4v) is 7.97. The van der Waals surface area contributed by atoms with E-state index >= 15 is 0 Å². The molecule has 2 aliphatic rings. The fraction of sp³-hybridized carbons (Fsp3) is 0.130. The number of rotatable bonds is 7. The molecular formula is C46H37Cl2N5O6Pt-. The number of aryl methyl sites for hydroxylation is 1. The molecule has 307 valence electrons. The summed E-state index contributed by atoms with van der Waals surface area (Å²) in [5.41, 5.74) is 10.5. The van der Waals surface area contributed by atoms with Crippen LogP contribution in [-0.4, -0.2) is 33.9 Å². The SMILES string of the molecule is CCN(CC)c1ccc2c(c1)Oc1cc(C)ccc1[C@]21c2ccccc2C(=O)N1c1ccc(-c2cc(-c3ccccn3)nc(-c3ccccn3)c2)cc1.[Cl][Pt].[O-][Cl+3]([O-])([O-])[O-]. The Bertz CT molecular complexity index is 2570. The number of carbonyl (C=O) groups is 1. The largest absolute Gasteiger partial charge is 0.222 e. The van der Waals surface area contributed by atoms with Crippen molar-refractivity contribution in [2.24, 2.45) is 0 Å². The van der Waals surface area contributed by atoms with E-state index in [0.717, 1.165) is 92.1 Å². The van der Waals surface area contributed by atoms with E-state index in [9.17, 15) is 4.79 Å². The summed E-state index contributed by atoms with van der Waals surface area (Å²) in [6.07, 6.45) is 3.55. The minimum atomic E-state index is -4.94. The number of benzene rings is 4. The van der Waals surface area contributed by atoms with Crippen LogP contribution in [0, 0.1) is 17.2 Å². The number of pyridine rings is 3. The fourth-order valence-electron chi connectivity index (χ4n) is 7.97. The summed E-state index contributed by atoms with van der Waals surface area (Å²) in [5.74, 6) is 1.44. The monoisotopic (exact) mass is 1020 g/mol. The number of nitrogens with zero attached hydrogens (tertiary/aromatic N) is 5. The molecule has 9 rings (SSSR count). The number of hydrogen-bond acceptors (Lipinski definition) is 10. The van der Waals surface area contributed by atoms with E-state index in [-0.39, 0.29) is 5.91 Å². The first kappa shape index (κ1) is 42.6. The van der Waals surface area contributed by atoms with Crippen molar-refractivity contribution in [2.75, 3.05) is 22.9 Å². The molecule has 4 aromatic carbocycles. The summed E-state index contributed by atoms with van der Waals surface area (Å²) < 4.78 is 40.7. The molecule has 0 saturated heterocycles. The van der Waals surface area contributed by atoms with Crippen molar-refractivity contribution in [1.29, 1.82) is 0 Å². The van der Waals surface area contributed by atoms with Crippen LogP contribution in [0.2, 0.25) is 0 Å². The Morgan fingerprint density at radius 1 is 0.667 bits per heavy atom. The Labute approximate surface area is 365 Å². The second-order valence-electron chi connectivity index (χ2n) is 13.8. The topological polar surface area (TPSA) is 164 Å². The maximum absolute atomic E-state index is 14.8. The molecule has 0 N–H and O–H groups in total. The molecule has 60 heavy (non-hydrogen) atoms. The van der Waals surface area contributed by atoms with Crippen LogP contribution in [0.15, 0.2) is 146 Å². The molecule has 0 fully saturated rings. The van der Waals surface area contributed by atoms with E-state index in [1.165, 1.54) is 0 Å². The summed E-state index contributed by atoms with van der Waals surface area (Å²) in [6.45, 7) is 8.14. The van der Waals surface area contributed by atoms with Crippen molar-refractivity contribution in [3.05, 3.63) is 174 Å². The molecule has 1 amide bonds. The maximum atomic E-state index is 14.8. The van der Waals surface area contributed by atoms with Gasteiger partial charge >= 0.3 is 28.2 Å². The van der Waals surface area contributed by atoms with Crippen LogP contribution in [0.1, 0.15) is 46.5 Å². The van der Waals surface area contributed by atoms with E-state index in [2.05, 4.69) is 124 Å². The number of amides is 1. The molecule has 1 atom stereocenters. The van der Waals surface area contributed by atoms with E-state index in [4.69, 9.17) is 28.4 Å². The molecule has 2 aliphatic heterocycles. The van der Waals surface area contributed by atoms with Gasteiger partial charge < -0.3 is 9.64 Å². The second kappa shape index (κ2) is 18.0. The van der Waals surface area contributed by atoms with Gasteiger partial charge in [-0.3, -0.25) is 19.7 Å². The zero-order chi connectivity index (χ0) is 42.6. The van der Waals surface area contributed by atoms with Crippen LogP contribution in [0.25, 0.3) is 33.9 Å². The van der Waals surface area contributed by atoms with Gasteiger partial charge in [-0.2, -0.15) is 0 Å². The Morgan fingerprint density at radius 2 is 1.22 bits per heavy atom. The van der Waals surface area contributed by atoms with Gasteiger partial charge in [0.25, 0.3) is 5.91 Å². The van der Waals surface area contributed by atoms with Crippen molar-refractivity contribution in [2.45, 2.75) is 26.3 Å². The van der Waals surface area contributed by atoms with Gasteiger partial charge in [-0.25, -0.2) is 23.6 Å². The molecule has 0 saturated carbocycles. The number of anilines is 2. The van der Waals surface area contributed by atoms with Gasteiger partial charge in [-0.05, 0) is 104 Å². The first-order valence-corrected chi connectivity index (χ1v) is 22.9. The zero-order valence-electron chi connectivity index (χ0n) is 32.5. The Balaban J connectivity index is 0.000000726. The molecule has 0 bridgehead atoms. The van der Waals surface area contributed by atoms with Gasteiger partial charge in [0, 0.05) is 65.2 Å². The normalized spacial score (nSPS) is 14.8. The van der Waals surface area contributed by atoms with Gasteiger partial charge in [-0.1, -0.05) is 60.7 Å². The number of aromatic nitrogens is 3. The molecule has 3 aromatic heterocycles. The van der Waals surface area contributed by atoms with Crippen LogP contribution in [-0.2, 0) is 24.3 Å². The van der Waals surface area contributed by atoms with E-state index in [1.807, 2.05) is 59.5 Å². The molecule has 11 nitrogen and oxygen atoms in total. The minimum absolute atomic E-state index is 0.0562. The van der Waals surface area contributed by atoms with Gasteiger partial charge in [-0.15, -0.1) is 10.2 Å². The molecule has 1 spiro atoms. The minimum Gasteiger partial charge on any atom is -0.222 e. The second-order valence-corrected chi connectivity index (χ2v) is 14.6. The average Bonchev–Trinajstić information content (AvgIpc) is 3.52. The third-order valence-corrected chi connectivity index (χ3v) is 10.5. The van der Waals surface area contributed by atoms with Crippen molar-refractivity contribution in [1.82, 2.24) is 15.0 Å². The first-order chi connectivity index (χ1) is 29.0. The molecule has 7 aromatic rings. The number of carbonyl (C=O) groups excluding carboxylic acids is 1. The summed E-state index contributed by atoms with van der Waals surface area (Å²) in [4.78, 5) is 33.2. The summed E-state index contributed by atoms with van der Waals surface area (Å²) in [5, 5.41) is 0. The molecule has 14 heteroatoms. The van der Waals surface area contributed by atoms with Crippen LogP contribution >= 0.6 is 9.42 Å². The smallest absolute Gasteiger partial charge is 0.112 e. The molecule has 0 aliphatic carbocycles. The Hall–Kier alpha value is -5.49. The Morgan fingerprint density at radius 3 is 1.78 bits per heavy atom. The van der Waals surface area contributed by atoms with Crippen LogP contribution in [0.3, 0.4) is 0 Å². The third-order valence-electron chi connectivity index (χ3n) is 10.5. The summed E-state index contributed by atoms with van der Waals surface area (Å²) in [6, 6.07) is 44.8.